The Kier molecular flexibility index (Phi) is 5.25. The summed E-state index contributed by atoms with van der Waals surface area (Å²) in [6, 6.07) is 4.01. The summed E-state index contributed by atoms with van der Waals surface area (Å²) < 4.78 is 9.53. The molecule has 0 fully saturated rings. The van der Waals surface area contributed by atoms with E-state index in [0.717, 1.165) is 0 Å². The monoisotopic (exact) mass is 416 g/mol. The molecular weight excluding hydrogens is 408 g/mol. The van der Waals surface area contributed by atoms with E-state index in [1.165, 1.54) is 32.4 Å². The molecule has 0 bridgehead atoms. The van der Waals surface area contributed by atoms with Crippen molar-refractivity contribution in [1.29, 1.82) is 0 Å². The number of carbonyl (C=O) groups excluding carboxylic acids is 2. The van der Waals surface area contributed by atoms with E-state index in [4.69, 9.17) is 11.6 Å². The van der Waals surface area contributed by atoms with Gasteiger partial charge < -0.3 is 14.5 Å². The molecule has 0 aliphatic heterocycles. The number of hydrogen-bond acceptors (Lipinski definition) is 6. The van der Waals surface area contributed by atoms with Crippen molar-refractivity contribution < 1.29 is 24.0 Å². The Morgan fingerprint density at radius 2 is 1.79 bits per heavy atom. The van der Waals surface area contributed by atoms with Crippen LogP contribution in [0.5, 0.6) is 0 Å². The van der Waals surface area contributed by atoms with E-state index in [-0.39, 0.29) is 32.1 Å². The lowest BCUT2D eigenvalue weighted by molar-refractivity contribution is -0.384. The number of carbonyl (C=O) groups is 2. The molecule has 24 heavy (non-hydrogen) atoms. The summed E-state index contributed by atoms with van der Waals surface area (Å²) in [7, 11) is 2.35. The van der Waals surface area contributed by atoms with Crippen LogP contribution in [0.4, 0.5) is 5.69 Å². The Balaban J connectivity index is 2.75. The van der Waals surface area contributed by atoms with Crippen LogP contribution in [-0.2, 0) is 9.47 Å². The van der Waals surface area contributed by atoms with Crippen molar-refractivity contribution in [3.63, 3.8) is 0 Å². The van der Waals surface area contributed by atoms with Crippen LogP contribution in [0.2, 0.25) is 5.02 Å². The molecule has 2 aromatic rings. The predicted molar refractivity (Wildman–Crippen MR) is 88.3 cm³/mol. The Bertz CT molecular complexity index is 848. The molecule has 10 heteroatoms. The minimum Gasteiger partial charge on any atom is -0.464 e. The van der Waals surface area contributed by atoms with Crippen molar-refractivity contribution >= 4 is 45.2 Å². The lowest BCUT2D eigenvalue weighted by Gasteiger charge is -2.05. The first-order valence-corrected chi connectivity index (χ1v) is 7.51. The zero-order valence-electron chi connectivity index (χ0n) is 12.4. The molecule has 8 nitrogen and oxygen atoms in total. The Labute approximate surface area is 149 Å². The van der Waals surface area contributed by atoms with E-state index in [2.05, 4.69) is 30.4 Å². The van der Waals surface area contributed by atoms with Crippen LogP contribution in [0.1, 0.15) is 21.0 Å². The third kappa shape index (κ3) is 3.13. The maximum Gasteiger partial charge on any atom is 0.355 e. The molecule has 1 aromatic heterocycles. The first-order chi connectivity index (χ1) is 11.3. The number of rotatable bonds is 4. The molecule has 1 N–H and O–H groups in total. The second-order valence-corrected chi connectivity index (χ2v) is 5.67. The van der Waals surface area contributed by atoms with E-state index in [1.54, 1.807) is 0 Å². The zero-order chi connectivity index (χ0) is 18.0. The van der Waals surface area contributed by atoms with Gasteiger partial charge in [-0.2, -0.15) is 0 Å². The van der Waals surface area contributed by atoms with Crippen molar-refractivity contribution in [2.24, 2.45) is 0 Å². The summed E-state index contributed by atoms with van der Waals surface area (Å²) in [5.74, 6) is -1.47. The normalized spacial score (nSPS) is 10.3. The van der Waals surface area contributed by atoms with E-state index < -0.39 is 16.9 Å². The number of aromatic nitrogens is 1. The molecule has 126 valence electrons. The van der Waals surface area contributed by atoms with Gasteiger partial charge in [0, 0.05) is 11.6 Å². The number of esters is 2. The number of H-pyrrole nitrogens is 1. The molecule has 0 unspecified atom stereocenters. The maximum absolute atomic E-state index is 12.0. The largest absolute Gasteiger partial charge is 0.464 e. The smallest absolute Gasteiger partial charge is 0.355 e. The van der Waals surface area contributed by atoms with Crippen molar-refractivity contribution in [3.8, 4) is 11.1 Å². The average molecular weight is 418 g/mol. The molecule has 1 aromatic carbocycles. The van der Waals surface area contributed by atoms with Crippen LogP contribution in [0.15, 0.2) is 22.7 Å². The number of hydrogen-bond donors (Lipinski definition) is 1. The number of nitro groups is 1. The van der Waals surface area contributed by atoms with Gasteiger partial charge in [-0.05, 0) is 27.6 Å². The molecule has 0 spiro atoms. The number of halogens is 2. The number of nitrogens with zero attached hydrogens (tertiary/aromatic N) is 1. The Morgan fingerprint density at radius 3 is 2.33 bits per heavy atom. The first kappa shape index (κ1) is 18.0. The zero-order valence-corrected chi connectivity index (χ0v) is 14.7. The van der Waals surface area contributed by atoms with E-state index in [9.17, 15) is 19.7 Å². The number of methoxy groups -OCH3 is 2. The third-order valence-corrected chi connectivity index (χ3v) is 4.26. The highest BCUT2D eigenvalue weighted by molar-refractivity contribution is 9.10. The van der Waals surface area contributed by atoms with Gasteiger partial charge in [0.05, 0.1) is 23.6 Å². The highest BCUT2D eigenvalue weighted by Crippen LogP contribution is 2.38. The van der Waals surface area contributed by atoms with Crippen molar-refractivity contribution in [2.45, 2.75) is 0 Å². The summed E-state index contributed by atoms with van der Waals surface area (Å²) in [5.41, 5.74) is 0.108. The van der Waals surface area contributed by atoms with E-state index in [0.29, 0.717) is 5.56 Å². The van der Waals surface area contributed by atoms with Gasteiger partial charge in [-0.15, -0.1) is 0 Å². The highest BCUT2D eigenvalue weighted by atomic mass is 79.9. The van der Waals surface area contributed by atoms with Gasteiger partial charge >= 0.3 is 11.9 Å². The minimum absolute atomic E-state index is 0.0227. The SMILES string of the molecule is COC(=O)c1[nH]c(C(=O)OC)c(-c2ccc(Cl)c([N+](=O)[O-])c2)c1Br. The highest BCUT2D eigenvalue weighted by Gasteiger charge is 2.27. The topological polar surface area (TPSA) is 112 Å². The fourth-order valence-electron chi connectivity index (χ4n) is 2.05. The second-order valence-electron chi connectivity index (χ2n) is 4.47. The number of nitrogens with one attached hydrogen (secondary N) is 1. The van der Waals surface area contributed by atoms with Gasteiger partial charge in [-0.25, -0.2) is 9.59 Å². The van der Waals surface area contributed by atoms with Crippen molar-refractivity contribution in [1.82, 2.24) is 4.98 Å². The van der Waals surface area contributed by atoms with Crippen LogP contribution >= 0.6 is 27.5 Å². The van der Waals surface area contributed by atoms with Gasteiger partial charge in [-0.1, -0.05) is 17.7 Å². The van der Waals surface area contributed by atoms with Gasteiger partial charge in [-0.3, -0.25) is 10.1 Å². The quantitative estimate of drug-likeness (QED) is 0.462. The van der Waals surface area contributed by atoms with E-state index >= 15 is 0 Å². The fourth-order valence-corrected chi connectivity index (χ4v) is 2.93. The summed E-state index contributed by atoms with van der Waals surface area (Å²) in [6.45, 7) is 0. The average Bonchev–Trinajstić information content (AvgIpc) is 2.91. The molecule has 0 saturated heterocycles. The van der Waals surface area contributed by atoms with Crippen molar-refractivity contribution in [3.05, 3.63) is 49.2 Å². The molecule has 0 radical (unpaired) electrons. The van der Waals surface area contributed by atoms with Crippen molar-refractivity contribution in [2.75, 3.05) is 14.2 Å². The molecule has 1 heterocycles. The predicted octanol–water partition coefficient (Wildman–Crippen LogP) is 3.58. The minimum atomic E-state index is -0.751. The fraction of sp³-hybridized carbons (Fsp3) is 0.143. The standard InChI is InChI=1S/C14H10BrClN2O6/c1-23-13(19)11-9(10(15)12(17-11)14(20)24-2)6-3-4-7(16)8(5-6)18(21)22/h3-5,17H,1-2H3. The summed E-state index contributed by atoms with van der Waals surface area (Å²) in [6.07, 6.45) is 0. The van der Waals surface area contributed by atoms with Gasteiger partial charge in [0.25, 0.3) is 5.69 Å². The first-order valence-electron chi connectivity index (χ1n) is 6.34. The summed E-state index contributed by atoms with van der Waals surface area (Å²) in [4.78, 5) is 36.8. The maximum atomic E-state index is 12.0. The van der Waals surface area contributed by atoms with Gasteiger partial charge in [0.15, 0.2) is 0 Å². The van der Waals surface area contributed by atoms with Crippen LogP contribution in [0.3, 0.4) is 0 Å². The molecule has 0 saturated carbocycles. The number of benzene rings is 1. The van der Waals surface area contributed by atoms with Gasteiger partial charge in [0.2, 0.25) is 0 Å². The van der Waals surface area contributed by atoms with Crippen LogP contribution in [0.25, 0.3) is 11.1 Å². The van der Waals surface area contributed by atoms with Crippen LogP contribution in [0, 0.1) is 10.1 Å². The summed E-state index contributed by atoms with van der Waals surface area (Å²) >= 11 is 9.01. The number of nitro benzene ring substituents is 1. The lowest BCUT2D eigenvalue weighted by atomic mass is 10.0. The molecule has 0 atom stereocenters. The molecule has 0 aliphatic rings. The van der Waals surface area contributed by atoms with Crippen LogP contribution < -0.4 is 0 Å². The van der Waals surface area contributed by atoms with Crippen LogP contribution in [-0.4, -0.2) is 36.1 Å². The Hall–Kier alpha value is -2.39. The molecule has 2 rings (SSSR count). The Morgan fingerprint density at radius 1 is 1.21 bits per heavy atom. The molecule has 0 amide bonds. The number of aromatic amines is 1. The lowest BCUT2D eigenvalue weighted by Crippen LogP contribution is -2.06. The van der Waals surface area contributed by atoms with E-state index in [1.807, 2.05) is 0 Å². The molecule has 0 aliphatic carbocycles. The summed E-state index contributed by atoms with van der Waals surface area (Å²) in [5, 5.41) is 11.0. The third-order valence-electron chi connectivity index (χ3n) is 3.15. The second kappa shape index (κ2) is 7.02. The molecular formula is C14H10BrClN2O6. The number of ether oxygens (including phenoxy) is 2. The van der Waals surface area contributed by atoms with Gasteiger partial charge in [0.1, 0.15) is 16.4 Å².